The molecule has 3 atom stereocenters. The molecule has 0 unspecified atom stereocenters. The van der Waals surface area contributed by atoms with Crippen LogP contribution in [0.2, 0.25) is 0 Å². The Morgan fingerprint density at radius 2 is 1.22 bits per heavy atom. The van der Waals surface area contributed by atoms with Crippen LogP contribution in [0.1, 0.15) is 33.7 Å². The molecular weight excluding hydrogens is 632 g/mol. The number of cyclic esters (lactones) is 1. The van der Waals surface area contributed by atoms with Crippen molar-refractivity contribution in [2.45, 2.75) is 36.0 Å². The van der Waals surface area contributed by atoms with Crippen LogP contribution < -0.4 is 17.8 Å². The lowest BCUT2D eigenvalue weighted by Gasteiger charge is -2.34. The highest BCUT2D eigenvalue weighted by atomic mass is 32.2. The van der Waals surface area contributed by atoms with Gasteiger partial charge in [0.05, 0.1) is 26.7 Å². The maximum Gasteiger partial charge on any atom is 0.339 e. The monoisotopic (exact) mass is 664 g/mol. The third-order valence-electron chi connectivity index (χ3n) is 8.43. The Kier molecular flexibility index (Phi) is 8.20. The van der Waals surface area contributed by atoms with Gasteiger partial charge in [-0.1, -0.05) is 41.5 Å². The summed E-state index contributed by atoms with van der Waals surface area (Å²) in [6, 6.07) is 20.8. The zero-order valence-corrected chi connectivity index (χ0v) is 27.2. The molecule has 0 N–H and O–H groups in total. The zero-order chi connectivity index (χ0) is 32.8. The molecule has 4 aromatic rings. The SMILES string of the molecule is COc1cc([C@@H]2c3cc(OS(=O)(=O)c4ccc(C)cc4)c(OC)cc3C[C@H]3C(=O)OC[C@H]23)ccc1OS(=O)(=O)c1ccc(C)cc1. The highest BCUT2D eigenvalue weighted by Crippen LogP contribution is 2.51. The molecule has 240 valence electrons. The van der Waals surface area contributed by atoms with Gasteiger partial charge in [0.2, 0.25) is 0 Å². The van der Waals surface area contributed by atoms with Crippen LogP contribution >= 0.6 is 0 Å². The van der Waals surface area contributed by atoms with Crippen LogP contribution in [0.15, 0.2) is 88.7 Å². The second kappa shape index (κ2) is 12.0. The van der Waals surface area contributed by atoms with Gasteiger partial charge in [0.15, 0.2) is 23.0 Å². The lowest BCUT2D eigenvalue weighted by molar-refractivity contribution is -0.141. The molecule has 0 bridgehead atoms. The Bertz CT molecular complexity index is 2020. The van der Waals surface area contributed by atoms with Gasteiger partial charge in [0.25, 0.3) is 0 Å². The van der Waals surface area contributed by atoms with Gasteiger partial charge in [-0.3, -0.25) is 4.79 Å². The standard InChI is InChI=1S/C34H32O10S2/c1-20-5-10-24(11-6-20)45(36,37)43-29-14-9-22(16-30(29)40-3)33-26-18-32(44-46(38,39)25-12-7-21(2)8-13-25)31(41-4)17-23(26)15-27-28(33)19-42-34(27)35/h5-14,16-18,27-28,33H,15,19H2,1-4H3/t27-,28+,33-/m1/s1. The maximum absolute atomic E-state index is 13.3. The molecule has 0 amide bonds. The number of methoxy groups -OCH3 is 2. The second-order valence-electron chi connectivity index (χ2n) is 11.4. The van der Waals surface area contributed by atoms with E-state index in [2.05, 4.69) is 0 Å². The quantitative estimate of drug-likeness (QED) is 0.171. The van der Waals surface area contributed by atoms with E-state index in [-0.39, 0.29) is 51.3 Å². The minimum Gasteiger partial charge on any atom is -0.493 e. The van der Waals surface area contributed by atoms with Gasteiger partial charge in [0.1, 0.15) is 9.79 Å². The fourth-order valence-electron chi connectivity index (χ4n) is 6.03. The Hall–Kier alpha value is -4.55. The molecule has 4 aromatic carbocycles. The number of esters is 1. The first-order chi connectivity index (χ1) is 21.9. The highest BCUT2D eigenvalue weighted by Gasteiger charge is 2.47. The minimum atomic E-state index is -4.21. The molecule has 1 heterocycles. The molecule has 0 saturated carbocycles. The number of benzene rings is 4. The summed E-state index contributed by atoms with van der Waals surface area (Å²) in [7, 11) is -5.56. The first-order valence-electron chi connectivity index (χ1n) is 14.5. The van der Waals surface area contributed by atoms with Crippen molar-refractivity contribution in [3.8, 4) is 23.0 Å². The molecule has 1 saturated heterocycles. The topological polar surface area (TPSA) is 132 Å². The van der Waals surface area contributed by atoms with Crippen molar-refractivity contribution in [3.05, 3.63) is 107 Å². The predicted molar refractivity (Wildman–Crippen MR) is 167 cm³/mol. The van der Waals surface area contributed by atoms with Gasteiger partial charge < -0.3 is 22.6 Å². The Labute approximate surface area is 268 Å². The predicted octanol–water partition coefficient (Wildman–Crippen LogP) is 5.33. The molecule has 10 nitrogen and oxygen atoms in total. The van der Waals surface area contributed by atoms with Crippen molar-refractivity contribution in [2.24, 2.45) is 11.8 Å². The summed E-state index contributed by atoms with van der Waals surface area (Å²) in [5, 5.41) is 0. The molecule has 1 aliphatic carbocycles. The van der Waals surface area contributed by atoms with Gasteiger partial charge in [-0.25, -0.2) is 0 Å². The second-order valence-corrected chi connectivity index (χ2v) is 14.5. The summed E-state index contributed by atoms with van der Waals surface area (Å²) in [6.45, 7) is 3.86. The fourth-order valence-corrected chi connectivity index (χ4v) is 7.90. The summed E-state index contributed by atoms with van der Waals surface area (Å²) in [5.74, 6) is -1.19. The summed E-state index contributed by atoms with van der Waals surface area (Å²) >= 11 is 0. The molecule has 46 heavy (non-hydrogen) atoms. The molecule has 12 heteroatoms. The van der Waals surface area contributed by atoms with Crippen molar-refractivity contribution in [3.63, 3.8) is 0 Å². The van der Waals surface area contributed by atoms with Crippen molar-refractivity contribution in [1.29, 1.82) is 0 Å². The number of hydrogen-bond donors (Lipinski definition) is 0. The van der Waals surface area contributed by atoms with Crippen LogP contribution in [-0.4, -0.2) is 43.6 Å². The molecule has 0 radical (unpaired) electrons. The number of aryl methyl sites for hydroxylation is 2. The first-order valence-corrected chi connectivity index (χ1v) is 17.3. The normalized spacial score (nSPS) is 19.0. The minimum absolute atomic E-state index is 0.00281. The van der Waals surface area contributed by atoms with Gasteiger partial charge in [-0.05, 0) is 85.5 Å². The van der Waals surface area contributed by atoms with Crippen molar-refractivity contribution >= 4 is 26.2 Å². The molecule has 1 fully saturated rings. The lowest BCUT2D eigenvalue weighted by Crippen LogP contribution is -2.31. The Balaban J connectivity index is 1.41. The van der Waals surface area contributed by atoms with E-state index in [1.165, 1.54) is 44.6 Å². The number of rotatable bonds is 9. The highest BCUT2D eigenvalue weighted by molar-refractivity contribution is 7.87. The van der Waals surface area contributed by atoms with Crippen LogP contribution in [0.5, 0.6) is 23.0 Å². The van der Waals surface area contributed by atoms with Crippen LogP contribution in [-0.2, 0) is 36.2 Å². The third kappa shape index (κ3) is 5.90. The smallest absolute Gasteiger partial charge is 0.339 e. The number of ether oxygens (including phenoxy) is 3. The Morgan fingerprint density at radius 3 is 1.78 bits per heavy atom. The summed E-state index contributed by atoms with van der Waals surface area (Å²) in [6.07, 6.45) is 0.365. The van der Waals surface area contributed by atoms with E-state index in [9.17, 15) is 21.6 Å². The number of hydrogen-bond acceptors (Lipinski definition) is 10. The molecule has 1 aliphatic heterocycles. The average Bonchev–Trinajstić information content (AvgIpc) is 3.39. The molecule has 0 spiro atoms. The van der Waals surface area contributed by atoms with E-state index in [1.807, 2.05) is 13.8 Å². The summed E-state index contributed by atoms with van der Waals surface area (Å²) in [4.78, 5) is 12.8. The molecule has 2 aliphatic rings. The largest absolute Gasteiger partial charge is 0.493 e. The zero-order valence-electron chi connectivity index (χ0n) is 25.6. The first kappa shape index (κ1) is 31.4. The van der Waals surface area contributed by atoms with Crippen molar-refractivity contribution in [1.82, 2.24) is 0 Å². The average molecular weight is 665 g/mol. The van der Waals surface area contributed by atoms with Crippen molar-refractivity contribution in [2.75, 3.05) is 20.8 Å². The van der Waals surface area contributed by atoms with Crippen molar-refractivity contribution < 1.29 is 44.2 Å². The van der Waals surface area contributed by atoms with E-state index in [0.29, 0.717) is 12.0 Å². The van der Waals surface area contributed by atoms with Gasteiger partial charge in [-0.15, -0.1) is 0 Å². The van der Waals surface area contributed by atoms with E-state index in [0.717, 1.165) is 22.3 Å². The van der Waals surface area contributed by atoms with Gasteiger partial charge in [0, 0.05) is 11.8 Å². The van der Waals surface area contributed by atoms with Gasteiger partial charge in [-0.2, -0.15) is 16.8 Å². The van der Waals surface area contributed by atoms with Crippen LogP contribution in [0, 0.1) is 25.7 Å². The lowest BCUT2D eigenvalue weighted by atomic mass is 9.67. The molecule has 0 aromatic heterocycles. The van der Waals surface area contributed by atoms with E-state index < -0.39 is 32.1 Å². The number of fused-ring (bicyclic) bond motifs is 2. The van der Waals surface area contributed by atoms with Crippen LogP contribution in [0.4, 0.5) is 0 Å². The third-order valence-corrected chi connectivity index (χ3v) is 10.9. The number of carbonyl (C=O) groups excluding carboxylic acids is 1. The molecule has 6 rings (SSSR count). The van der Waals surface area contributed by atoms with Gasteiger partial charge >= 0.3 is 26.2 Å². The number of carbonyl (C=O) groups is 1. The van der Waals surface area contributed by atoms with Crippen LogP contribution in [0.3, 0.4) is 0 Å². The molecular formula is C34H32O10S2. The summed E-state index contributed by atoms with van der Waals surface area (Å²) in [5.41, 5.74) is 3.97. The maximum atomic E-state index is 13.3. The van der Waals surface area contributed by atoms with E-state index >= 15 is 0 Å². The Morgan fingerprint density at radius 1 is 0.674 bits per heavy atom. The van der Waals surface area contributed by atoms with E-state index in [4.69, 9.17) is 22.6 Å². The fraction of sp³-hybridized carbons (Fsp3) is 0.265. The van der Waals surface area contributed by atoms with E-state index in [1.54, 1.807) is 48.5 Å². The summed E-state index contributed by atoms with van der Waals surface area (Å²) < 4.78 is 80.3. The van der Waals surface area contributed by atoms with Crippen LogP contribution in [0.25, 0.3) is 0 Å².